The van der Waals surface area contributed by atoms with Crippen LogP contribution in [-0.4, -0.2) is 24.7 Å². The van der Waals surface area contributed by atoms with E-state index < -0.39 is 6.10 Å². The molecule has 2 aliphatic rings. The van der Waals surface area contributed by atoms with Gasteiger partial charge in [0.25, 0.3) is 5.91 Å². The van der Waals surface area contributed by atoms with Crippen LogP contribution in [0.15, 0.2) is 12.1 Å². The minimum atomic E-state index is -0.509. The monoisotopic (exact) mass is 370 g/mol. The van der Waals surface area contributed by atoms with Gasteiger partial charge in [-0.2, -0.15) is 0 Å². The molecule has 1 aliphatic heterocycles. The Bertz CT molecular complexity index is 591. The van der Waals surface area contributed by atoms with Crippen LogP contribution in [-0.2, 0) is 22.5 Å². The number of carbonyl (C=O) groups excluding carboxylic acids is 1. The molecule has 0 saturated heterocycles. The summed E-state index contributed by atoms with van der Waals surface area (Å²) in [6.45, 7) is 3.38. The van der Waals surface area contributed by atoms with Crippen LogP contribution in [0.5, 0.6) is 0 Å². The van der Waals surface area contributed by atoms with Crippen LogP contribution in [0.4, 0.5) is 10.1 Å². The predicted octanol–water partition coefficient (Wildman–Crippen LogP) is 3.96. The van der Waals surface area contributed by atoms with E-state index in [1.54, 1.807) is 6.07 Å². The Morgan fingerprint density at radius 2 is 2.12 bits per heavy atom. The van der Waals surface area contributed by atoms with E-state index in [0.717, 1.165) is 37.8 Å². The molecule has 25 heavy (non-hydrogen) atoms. The molecule has 0 radical (unpaired) electrons. The molecule has 1 fully saturated rings. The lowest BCUT2D eigenvalue weighted by atomic mass is 9.97. The van der Waals surface area contributed by atoms with Gasteiger partial charge in [0, 0.05) is 6.54 Å². The molecule has 1 heterocycles. The maximum Gasteiger partial charge on any atom is 0.253 e. The minimum absolute atomic E-state index is 0. The average molecular weight is 371 g/mol. The molecule has 1 amide bonds. The Labute approximate surface area is 155 Å². The molecule has 1 aliphatic carbocycles. The van der Waals surface area contributed by atoms with Crippen molar-refractivity contribution in [2.75, 3.05) is 11.9 Å². The number of benzene rings is 1. The molecule has 1 atom stereocenters. The smallest absolute Gasteiger partial charge is 0.253 e. The second-order valence-corrected chi connectivity index (χ2v) is 6.77. The molecule has 1 aromatic carbocycles. The maximum atomic E-state index is 14.7. The fourth-order valence-corrected chi connectivity index (χ4v) is 3.62. The normalized spacial score (nSPS) is 18.8. The molecule has 1 saturated carbocycles. The summed E-state index contributed by atoms with van der Waals surface area (Å²) >= 11 is 0. The number of carbonyl (C=O) groups is 1. The second kappa shape index (κ2) is 9.51. The van der Waals surface area contributed by atoms with Crippen LogP contribution in [0.3, 0.4) is 0 Å². The van der Waals surface area contributed by atoms with E-state index in [9.17, 15) is 9.18 Å². The largest absolute Gasteiger partial charge is 0.365 e. The summed E-state index contributed by atoms with van der Waals surface area (Å²) in [5.41, 5.74) is 1.96. The van der Waals surface area contributed by atoms with Crippen molar-refractivity contribution in [3.05, 3.63) is 29.1 Å². The first-order chi connectivity index (χ1) is 11.7. The maximum absolute atomic E-state index is 14.7. The predicted molar refractivity (Wildman–Crippen MR) is 99.7 cm³/mol. The van der Waals surface area contributed by atoms with Gasteiger partial charge in [0.05, 0.1) is 11.8 Å². The lowest BCUT2D eigenvalue weighted by Gasteiger charge is -2.27. The summed E-state index contributed by atoms with van der Waals surface area (Å²) in [5, 5.41) is 5.97. The Morgan fingerprint density at radius 1 is 1.36 bits per heavy atom. The number of hydrogen-bond acceptors (Lipinski definition) is 3. The van der Waals surface area contributed by atoms with Crippen LogP contribution in [0.2, 0.25) is 0 Å². The third-order valence-corrected chi connectivity index (χ3v) is 5.04. The van der Waals surface area contributed by atoms with Gasteiger partial charge in [-0.25, -0.2) is 4.39 Å². The SMILES string of the molecule is CCC(OC1CCCCC1)C(=O)Nc1ccc2c(c1F)CCNC2.Cl. The van der Waals surface area contributed by atoms with Crippen LogP contribution < -0.4 is 10.6 Å². The lowest BCUT2D eigenvalue weighted by Crippen LogP contribution is -2.34. The number of hydrogen-bond donors (Lipinski definition) is 2. The van der Waals surface area contributed by atoms with Gasteiger partial charge in [0.2, 0.25) is 0 Å². The first-order valence-electron chi connectivity index (χ1n) is 9.16. The van der Waals surface area contributed by atoms with Crippen molar-refractivity contribution in [3.63, 3.8) is 0 Å². The second-order valence-electron chi connectivity index (χ2n) is 6.77. The zero-order valence-electron chi connectivity index (χ0n) is 14.8. The summed E-state index contributed by atoms with van der Waals surface area (Å²) in [6.07, 6.45) is 6.51. The van der Waals surface area contributed by atoms with Crippen molar-refractivity contribution in [2.45, 2.75) is 70.6 Å². The van der Waals surface area contributed by atoms with Gasteiger partial charge in [-0.3, -0.25) is 4.79 Å². The van der Waals surface area contributed by atoms with E-state index in [1.807, 2.05) is 13.0 Å². The summed E-state index contributed by atoms with van der Waals surface area (Å²) in [5.74, 6) is -0.536. The highest BCUT2D eigenvalue weighted by Crippen LogP contribution is 2.26. The van der Waals surface area contributed by atoms with Crippen molar-refractivity contribution < 1.29 is 13.9 Å². The summed E-state index contributed by atoms with van der Waals surface area (Å²) < 4.78 is 20.6. The molecule has 0 spiro atoms. The molecule has 0 bridgehead atoms. The molecule has 3 rings (SSSR count). The third kappa shape index (κ3) is 4.93. The number of nitrogens with one attached hydrogen (secondary N) is 2. The molecule has 1 aromatic rings. The zero-order valence-corrected chi connectivity index (χ0v) is 15.6. The minimum Gasteiger partial charge on any atom is -0.365 e. The number of rotatable bonds is 5. The fraction of sp³-hybridized carbons (Fsp3) is 0.632. The lowest BCUT2D eigenvalue weighted by molar-refractivity contribution is -0.132. The van der Waals surface area contributed by atoms with Gasteiger partial charge in [-0.05, 0) is 49.4 Å². The highest BCUT2D eigenvalue weighted by molar-refractivity contribution is 5.94. The van der Waals surface area contributed by atoms with Crippen molar-refractivity contribution in [1.82, 2.24) is 5.32 Å². The zero-order chi connectivity index (χ0) is 16.9. The summed E-state index contributed by atoms with van der Waals surface area (Å²) in [6, 6.07) is 3.55. The van der Waals surface area contributed by atoms with Gasteiger partial charge >= 0.3 is 0 Å². The fourth-order valence-electron chi connectivity index (χ4n) is 3.62. The highest BCUT2D eigenvalue weighted by atomic mass is 35.5. The van der Waals surface area contributed by atoms with Crippen molar-refractivity contribution >= 4 is 24.0 Å². The Hall–Kier alpha value is -1.17. The Balaban J connectivity index is 0.00000225. The van der Waals surface area contributed by atoms with E-state index in [-0.39, 0.29) is 35.9 Å². The molecule has 4 nitrogen and oxygen atoms in total. The van der Waals surface area contributed by atoms with Gasteiger partial charge in [-0.15, -0.1) is 12.4 Å². The highest BCUT2D eigenvalue weighted by Gasteiger charge is 2.25. The molecular formula is C19H28ClFN2O2. The van der Waals surface area contributed by atoms with E-state index in [4.69, 9.17) is 4.74 Å². The van der Waals surface area contributed by atoms with Crippen LogP contribution in [0.25, 0.3) is 0 Å². The summed E-state index contributed by atoms with van der Waals surface area (Å²) in [4.78, 5) is 12.5. The molecule has 140 valence electrons. The van der Waals surface area contributed by atoms with Gasteiger partial charge in [0.1, 0.15) is 11.9 Å². The van der Waals surface area contributed by atoms with Gasteiger partial charge < -0.3 is 15.4 Å². The standard InChI is InChI=1S/C19H27FN2O2.ClH/c1-2-17(24-14-6-4-3-5-7-14)19(23)22-16-9-8-13-12-21-11-10-15(13)18(16)20;/h8-9,14,17,21H,2-7,10-12H2,1H3,(H,22,23);1H. The molecule has 6 heteroatoms. The topological polar surface area (TPSA) is 50.4 Å². The van der Waals surface area contributed by atoms with Crippen molar-refractivity contribution in [1.29, 1.82) is 0 Å². The first kappa shape index (κ1) is 20.1. The van der Waals surface area contributed by atoms with Crippen LogP contribution in [0.1, 0.15) is 56.6 Å². The molecule has 2 N–H and O–H groups in total. The molecule has 0 aromatic heterocycles. The van der Waals surface area contributed by atoms with E-state index in [2.05, 4.69) is 10.6 Å². The van der Waals surface area contributed by atoms with Crippen molar-refractivity contribution in [3.8, 4) is 0 Å². The first-order valence-corrected chi connectivity index (χ1v) is 9.16. The number of fused-ring (bicyclic) bond motifs is 1. The van der Waals surface area contributed by atoms with E-state index in [1.165, 1.54) is 6.42 Å². The Kier molecular flexibility index (Phi) is 7.66. The molecule has 1 unspecified atom stereocenters. The number of halogens is 2. The Morgan fingerprint density at radius 3 is 2.84 bits per heavy atom. The number of amides is 1. The quantitative estimate of drug-likeness (QED) is 0.824. The van der Waals surface area contributed by atoms with Crippen LogP contribution in [0, 0.1) is 5.82 Å². The number of anilines is 1. The number of ether oxygens (including phenoxy) is 1. The average Bonchev–Trinajstić information content (AvgIpc) is 2.63. The van der Waals surface area contributed by atoms with E-state index >= 15 is 0 Å². The van der Waals surface area contributed by atoms with Gasteiger partial charge in [0.15, 0.2) is 0 Å². The van der Waals surface area contributed by atoms with E-state index in [0.29, 0.717) is 24.9 Å². The van der Waals surface area contributed by atoms with Crippen LogP contribution >= 0.6 is 12.4 Å². The van der Waals surface area contributed by atoms with Crippen molar-refractivity contribution in [2.24, 2.45) is 0 Å². The van der Waals surface area contributed by atoms with Gasteiger partial charge in [-0.1, -0.05) is 32.3 Å². The molecular weight excluding hydrogens is 343 g/mol. The summed E-state index contributed by atoms with van der Waals surface area (Å²) in [7, 11) is 0. The third-order valence-electron chi connectivity index (χ3n) is 5.04.